The summed E-state index contributed by atoms with van der Waals surface area (Å²) in [6, 6.07) is 17.9. The predicted octanol–water partition coefficient (Wildman–Crippen LogP) is 3.84. The van der Waals surface area contributed by atoms with Crippen molar-refractivity contribution in [2.24, 2.45) is 0 Å². The fourth-order valence-corrected chi connectivity index (χ4v) is 4.99. The molecule has 0 aliphatic rings. The second kappa shape index (κ2) is 7.94. The lowest BCUT2D eigenvalue weighted by Gasteiger charge is -2.25. The molecule has 4 heteroatoms. The predicted molar refractivity (Wildman–Crippen MR) is 128 cm³/mol. The van der Waals surface area contributed by atoms with Gasteiger partial charge in [-0.3, -0.25) is 0 Å². The van der Waals surface area contributed by atoms with E-state index in [9.17, 15) is 0 Å². The largest absolute Gasteiger partial charge is 0.242 e. The Hall–Kier alpha value is -3.14. The van der Waals surface area contributed by atoms with Gasteiger partial charge in [0.15, 0.2) is 0 Å². The fourth-order valence-electron chi connectivity index (χ4n) is 4.99. The number of aryl methyl sites for hydroxylation is 6. The van der Waals surface area contributed by atoms with Crippen LogP contribution in [0, 0.1) is 41.5 Å². The first kappa shape index (κ1) is 20.2. The average molecular weight is 393 g/mol. The van der Waals surface area contributed by atoms with E-state index in [1.54, 1.807) is 6.20 Å². The quantitative estimate of drug-likeness (QED) is 0.536. The Kier molecular flexibility index (Phi) is 5.34. The number of nitrogens with one attached hydrogen (secondary N) is 1. The van der Waals surface area contributed by atoms with E-state index in [-0.39, 0.29) is 6.71 Å². The first-order chi connectivity index (χ1) is 14.3. The van der Waals surface area contributed by atoms with Gasteiger partial charge in [0.2, 0.25) is 6.71 Å². The lowest BCUT2D eigenvalue weighted by Crippen LogP contribution is -2.55. The van der Waals surface area contributed by atoms with Gasteiger partial charge in [-0.05, 0) is 41.5 Å². The number of H-pyrrole nitrogens is 1. The van der Waals surface area contributed by atoms with Gasteiger partial charge >= 0.3 is 0 Å². The second-order valence-electron chi connectivity index (χ2n) is 8.54. The highest BCUT2D eigenvalue weighted by Gasteiger charge is 2.28. The van der Waals surface area contributed by atoms with Gasteiger partial charge in [0.05, 0.1) is 6.20 Å². The van der Waals surface area contributed by atoms with Crippen molar-refractivity contribution in [1.82, 2.24) is 15.4 Å². The molecule has 0 fully saturated rings. The van der Waals surface area contributed by atoms with Crippen molar-refractivity contribution in [2.45, 2.75) is 41.5 Å². The highest BCUT2D eigenvalue weighted by atomic mass is 15.3. The van der Waals surface area contributed by atoms with E-state index in [0.717, 1.165) is 11.3 Å². The van der Waals surface area contributed by atoms with Crippen LogP contribution in [-0.2, 0) is 0 Å². The molecule has 150 valence electrons. The molecule has 0 saturated carbocycles. The van der Waals surface area contributed by atoms with Gasteiger partial charge in [0.25, 0.3) is 0 Å². The Morgan fingerprint density at radius 2 is 1.23 bits per heavy atom. The van der Waals surface area contributed by atoms with Gasteiger partial charge in [0.1, 0.15) is 5.69 Å². The number of rotatable bonds is 4. The molecule has 0 radical (unpaired) electrons. The van der Waals surface area contributed by atoms with E-state index in [2.05, 4.69) is 105 Å². The Morgan fingerprint density at radius 1 is 0.700 bits per heavy atom. The molecule has 1 heterocycles. The number of hydrogen-bond acceptors (Lipinski definition) is 2. The number of benzene rings is 3. The van der Waals surface area contributed by atoms with Crippen LogP contribution in [0.2, 0.25) is 0 Å². The molecule has 0 atom stereocenters. The minimum absolute atomic E-state index is 0.165. The Labute approximate surface area is 179 Å². The number of aromatic amines is 1. The maximum absolute atomic E-state index is 4.29. The molecule has 0 saturated heterocycles. The first-order valence-electron chi connectivity index (χ1n) is 10.5. The molecule has 4 aromatic rings. The monoisotopic (exact) mass is 393 g/mol. The molecule has 30 heavy (non-hydrogen) atoms. The molecule has 0 amide bonds. The Morgan fingerprint density at radius 3 is 1.70 bits per heavy atom. The molecule has 0 aliphatic heterocycles. The Balaban J connectivity index is 2.00. The lowest BCUT2D eigenvalue weighted by atomic mass is 9.34. The van der Waals surface area contributed by atoms with Crippen LogP contribution < -0.4 is 16.4 Å². The van der Waals surface area contributed by atoms with Crippen LogP contribution in [0.5, 0.6) is 0 Å². The standard InChI is InChI=1S/C26H28BN3/c1-16-10-18(3)25(19(4)11-16)27(26-20(5)12-17(2)13-21(26)6)23-9-7-8-22(14-23)24-15-28-30-29-24/h7-15H,1-6H3,(H,28,29,30). The summed E-state index contributed by atoms with van der Waals surface area (Å²) < 4.78 is 0. The maximum atomic E-state index is 4.29. The summed E-state index contributed by atoms with van der Waals surface area (Å²) in [5.41, 5.74) is 14.0. The number of nitrogens with zero attached hydrogens (tertiary/aromatic N) is 2. The molecular formula is C26H28BN3. The van der Waals surface area contributed by atoms with Gasteiger partial charge in [-0.25, -0.2) is 0 Å². The molecule has 0 unspecified atom stereocenters. The summed E-state index contributed by atoms with van der Waals surface area (Å²) in [6.45, 7) is 13.5. The second-order valence-corrected chi connectivity index (χ2v) is 8.54. The van der Waals surface area contributed by atoms with Crippen LogP contribution in [0.4, 0.5) is 0 Å². The summed E-state index contributed by atoms with van der Waals surface area (Å²) in [4.78, 5) is 0. The topological polar surface area (TPSA) is 41.6 Å². The third kappa shape index (κ3) is 3.70. The van der Waals surface area contributed by atoms with Crippen molar-refractivity contribution in [3.63, 3.8) is 0 Å². The molecule has 0 spiro atoms. The van der Waals surface area contributed by atoms with Gasteiger partial charge in [0, 0.05) is 5.56 Å². The van der Waals surface area contributed by atoms with Gasteiger partial charge in [-0.2, -0.15) is 15.4 Å². The zero-order chi connectivity index (χ0) is 21.4. The van der Waals surface area contributed by atoms with E-state index >= 15 is 0 Å². The van der Waals surface area contributed by atoms with Crippen LogP contribution in [-0.4, -0.2) is 22.1 Å². The van der Waals surface area contributed by atoms with E-state index in [4.69, 9.17) is 0 Å². The fraction of sp³-hybridized carbons (Fsp3) is 0.231. The van der Waals surface area contributed by atoms with Crippen molar-refractivity contribution in [2.75, 3.05) is 0 Å². The molecule has 1 aromatic heterocycles. The molecule has 0 bridgehead atoms. The van der Waals surface area contributed by atoms with Gasteiger partial charge < -0.3 is 0 Å². The normalized spacial score (nSPS) is 11.0. The van der Waals surface area contributed by atoms with Gasteiger partial charge in [-0.1, -0.05) is 98.3 Å². The van der Waals surface area contributed by atoms with Crippen molar-refractivity contribution in [3.8, 4) is 11.3 Å². The smallest absolute Gasteiger partial charge is 0.197 e. The van der Waals surface area contributed by atoms with Gasteiger partial charge in [-0.15, -0.1) is 0 Å². The van der Waals surface area contributed by atoms with Crippen molar-refractivity contribution in [1.29, 1.82) is 0 Å². The number of hydrogen-bond donors (Lipinski definition) is 1. The van der Waals surface area contributed by atoms with Crippen molar-refractivity contribution < 1.29 is 0 Å². The molecule has 3 nitrogen and oxygen atoms in total. The zero-order valence-electron chi connectivity index (χ0n) is 18.7. The summed E-state index contributed by atoms with van der Waals surface area (Å²) in [6.07, 6.45) is 1.78. The lowest BCUT2D eigenvalue weighted by molar-refractivity contribution is 0.942. The molecule has 1 N–H and O–H groups in total. The van der Waals surface area contributed by atoms with Crippen LogP contribution >= 0.6 is 0 Å². The van der Waals surface area contributed by atoms with E-state index in [0.29, 0.717) is 0 Å². The summed E-state index contributed by atoms with van der Waals surface area (Å²) >= 11 is 0. The summed E-state index contributed by atoms with van der Waals surface area (Å²) in [7, 11) is 0. The highest BCUT2D eigenvalue weighted by Crippen LogP contribution is 2.16. The molecule has 4 rings (SSSR count). The average Bonchev–Trinajstić information content (AvgIpc) is 3.20. The highest BCUT2D eigenvalue weighted by molar-refractivity contribution is 6.96. The number of aromatic nitrogens is 3. The van der Waals surface area contributed by atoms with Crippen LogP contribution in [0.1, 0.15) is 33.4 Å². The van der Waals surface area contributed by atoms with Crippen LogP contribution in [0.25, 0.3) is 11.3 Å². The molecular weight excluding hydrogens is 365 g/mol. The minimum atomic E-state index is 0.165. The summed E-state index contributed by atoms with van der Waals surface area (Å²) in [5.74, 6) is 0. The summed E-state index contributed by atoms with van der Waals surface area (Å²) in [5, 5.41) is 11.0. The first-order valence-corrected chi connectivity index (χ1v) is 10.5. The van der Waals surface area contributed by atoms with E-state index < -0.39 is 0 Å². The zero-order valence-corrected chi connectivity index (χ0v) is 18.7. The molecule has 0 aliphatic carbocycles. The molecule has 3 aromatic carbocycles. The third-order valence-electron chi connectivity index (χ3n) is 5.98. The minimum Gasteiger partial charge on any atom is -0.197 e. The van der Waals surface area contributed by atoms with E-state index in [1.807, 2.05) is 0 Å². The Bertz CT molecular complexity index is 1110. The van der Waals surface area contributed by atoms with Crippen LogP contribution in [0.3, 0.4) is 0 Å². The maximum Gasteiger partial charge on any atom is 0.242 e. The SMILES string of the molecule is Cc1cc(C)c(B(c2cccc(-c3cn[nH]n3)c2)c2c(C)cc(C)cc2C)c(C)c1. The van der Waals surface area contributed by atoms with E-state index in [1.165, 1.54) is 49.8 Å². The third-order valence-corrected chi connectivity index (χ3v) is 5.98. The van der Waals surface area contributed by atoms with Crippen LogP contribution in [0.15, 0.2) is 54.7 Å². The van der Waals surface area contributed by atoms with Crippen molar-refractivity contribution in [3.05, 3.63) is 88.1 Å². The van der Waals surface area contributed by atoms with Crippen molar-refractivity contribution >= 4 is 23.1 Å².